The second-order valence-electron chi connectivity index (χ2n) is 7.02. The summed E-state index contributed by atoms with van der Waals surface area (Å²) < 4.78 is 10.7. The minimum Gasteiger partial charge on any atom is -0.454 e. The minimum atomic E-state index is 0.0191. The molecule has 0 N–H and O–H groups in total. The fourth-order valence-electron chi connectivity index (χ4n) is 3.61. The van der Waals surface area contributed by atoms with Gasteiger partial charge >= 0.3 is 0 Å². The van der Waals surface area contributed by atoms with E-state index in [1.165, 1.54) is 0 Å². The van der Waals surface area contributed by atoms with E-state index in [4.69, 9.17) is 14.5 Å². The number of amides is 1. The molecule has 0 bridgehead atoms. The summed E-state index contributed by atoms with van der Waals surface area (Å²) in [5.74, 6) is 1.35. The predicted octanol–water partition coefficient (Wildman–Crippen LogP) is 2.85. The van der Waals surface area contributed by atoms with E-state index in [1.807, 2.05) is 37.2 Å². The first-order valence-electron chi connectivity index (χ1n) is 8.93. The van der Waals surface area contributed by atoms with Crippen LogP contribution in [-0.4, -0.2) is 48.1 Å². The fraction of sp³-hybridized carbons (Fsp3) is 0.400. The fourth-order valence-corrected chi connectivity index (χ4v) is 3.61. The van der Waals surface area contributed by atoms with Crippen LogP contribution in [-0.2, 0) is 6.54 Å². The highest BCUT2D eigenvalue weighted by atomic mass is 16.7. The monoisotopic (exact) mass is 353 g/mol. The molecule has 26 heavy (non-hydrogen) atoms. The summed E-state index contributed by atoms with van der Waals surface area (Å²) in [5.41, 5.74) is 2.62. The van der Waals surface area contributed by atoms with Crippen LogP contribution >= 0.6 is 0 Å². The molecule has 3 heterocycles. The Balaban J connectivity index is 1.57. The van der Waals surface area contributed by atoms with Crippen molar-refractivity contribution in [2.75, 3.05) is 27.4 Å². The smallest absolute Gasteiger partial charge is 0.254 e. The van der Waals surface area contributed by atoms with Crippen LogP contribution in [0.2, 0.25) is 0 Å². The average Bonchev–Trinajstić information content (AvgIpc) is 3.29. The van der Waals surface area contributed by atoms with Gasteiger partial charge in [0.2, 0.25) is 6.79 Å². The van der Waals surface area contributed by atoms with Crippen molar-refractivity contribution < 1.29 is 14.3 Å². The Morgan fingerprint density at radius 1 is 1.23 bits per heavy atom. The lowest BCUT2D eigenvalue weighted by atomic mass is 10.1. The molecule has 1 atom stereocenters. The Labute approximate surface area is 153 Å². The van der Waals surface area contributed by atoms with Crippen molar-refractivity contribution in [1.29, 1.82) is 0 Å². The summed E-state index contributed by atoms with van der Waals surface area (Å²) >= 11 is 0. The molecular formula is C20H23N3O3. The highest BCUT2D eigenvalue weighted by Gasteiger charge is 2.32. The molecule has 0 spiro atoms. The van der Waals surface area contributed by atoms with E-state index < -0.39 is 0 Å². The van der Waals surface area contributed by atoms with Crippen LogP contribution in [0.1, 0.15) is 40.6 Å². The Morgan fingerprint density at radius 3 is 2.92 bits per heavy atom. The van der Waals surface area contributed by atoms with Crippen LogP contribution in [0.5, 0.6) is 11.5 Å². The van der Waals surface area contributed by atoms with Gasteiger partial charge in [0.25, 0.3) is 5.91 Å². The van der Waals surface area contributed by atoms with Gasteiger partial charge in [-0.2, -0.15) is 0 Å². The van der Waals surface area contributed by atoms with Gasteiger partial charge in [0.05, 0.1) is 17.4 Å². The Kier molecular flexibility index (Phi) is 4.51. The zero-order valence-electron chi connectivity index (χ0n) is 15.1. The number of nitrogens with zero attached hydrogens (tertiary/aromatic N) is 3. The minimum absolute atomic E-state index is 0.0191. The van der Waals surface area contributed by atoms with Crippen molar-refractivity contribution in [3.05, 3.63) is 53.3 Å². The first-order valence-corrected chi connectivity index (χ1v) is 8.93. The highest BCUT2D eigenvalue weighted by Crippen LogP contribution is 2.36. The molecule has 6 nitrogen and oxygen atoms in total. The third-order valence-corrected chi connectivity index (χ3v) is 4.78. The number of hydrogen-bond donors (Lipinski definition) is 0. The third-order valence-electron chi connectivity index (χ3n) is 4.78. The van der Waals surface area contributed by atoms with E-state index in [-0.39, 0.29) is 18.7 Å². The maximum Gasteiger partial charge on any atom is 0.254 e. The molecule has 6 heteroatoms. The molecule has 1 saturated heterocycles. The number of hydrogen-bond acceptors (Lipinski definition) is 5. The number of carbonyl (C=O) groups excluding carboxylic acids is 1. The van der Waals surface area contributed by atoms with Crippen molar-refractivity contribution in [2.24, 2.45) is 0 Å². The average molecular weight is 353 g/mol. The standard InChI is InChI=1S/C20H23N3O3/c1-22(2)12-15-5-3-6-16(21-15)17-7-4-10-23(17)20(24)14-8-9-18-19(11-14)26-13-25-18/h3,5-6,8-9,11,17H,4,7,10,12-13H2,1-2H3/t17-/m0/s1. The lowest BCUT2D eigenvalue weighted by Gasteiger charge is -2.25. The van der Waals surface area contributed by atoms with Gasteiger partial charge in [0.15, 0.2) is 11.5 Å². The number of likely N-dealkylation sites (tertiary alicyclic amines) is 1. The Hall–Kier alpha value is -2.60. The summed E-state index contributed by atoms with van der Waals surface area (Å²) in [7, 11) is 4.05. The quantitative estimate of drug-likeness (QED) is 0.846. The molecule has 0 radical (unpaired) electrons. The maximum atomic E-state index is 13.1. The first-order chi connectivity index (χ1) is 12.6. The van der Waals surface area contributed by atoms with E-state index >= 15 is 0 Å². The molecule has 4 rings (SSSR count). The van der Waals surface area contributed by atoms with E-state index in [2.05, 4.69) is 4.90 Å². The maximum absolute atomic E-state index is 13.1. The van der Waals surface area contributed by atoms with Gasteiger partial charge < -0.3 is 19.3 Å². The zero-order valence-corrected chi connectivity index (χ0v) is 15.1. The van der Waals surface area contributed by atoms with Gasteiger partial charge in [-0.15, -0.1) is 0 Å². The number of rotatable bonds is 4. The second-order valence-corrected chi connectivity index (χ2v) is 7.02. The Morgan fingerprint density at radius 2 is 2.08 bits per heavy atom. The molecule has 136 valence electrons. The topological polar surface area (TPSA) is 54.9 Å². The predicted molar refractivity (Wildman–Crippen MR) is 97.2 cm³/mol. The molecule has 1 aromatic carbocycles. The lowest BCUT2D eigenvalue weighted by Crippen LogP contribution is -2.31. The third kappa shape index (κ3) is 3.24. The molecule has 1 fully saturated rings. The van der Waals surface area contributed by atoms with E-state index in [9.17, 15) is 4.79 Å². The van der Waals surface area contributed by atoms with Crippen LogP contribution in [0.15, 0.2) is 36.4 Å². The SMILES string of the molecule is CN(C)Cc1cccc([C@@H]2CCCN2C(=O)c2ccc3c(c2)OCO3)n1. The molecule has 0 aliphatic carbocycles. The molecule has 1 amide bonds. The molecule has 2 aromatic rings. The molecule has 1 aromatic heterocycles. The molecular weight excluding hydrogens is 330 g/mol. The highest BCUT2D eigenvalue weighted by molar-refractivity contribution is 5.95. The summed E-state index contributed by atoms with van der Waals surface area (Å²) in [6, 6.07) is 11.5. The number of aromatic nitrogens is 1. The van der Waals surface area contributed by atoms with Gasteiger partial charge in [0.1, 0.15) is 0 Å². The van der Waals surface area contributed by atoms with Crippen molar-refractivity contribution >= 4 is 5.91 Å². The number of fused-ring (bicyclic) bond motifs is 1. The van der Waals surface area contributed by atoms with Crippen LogP contribution in [0.25, 0.3) is 0 Å². The van der Waals surface area contributed by atoms with E-state index in [0.717, 1.165) is 37.3 Å². The van der Waals surface area contributed by atoms with E-state index in [1.54, 1.807) is 18.2 Å². The van der Waals surface area contributed by atoms with Gasteiger partial charge in [-0.25, -0.2) is 0 Å². The molecule has 0 unspecified atom stereocenters. The number of benzene rings is 1. The zero-order chi connectivity index (χ0) is 18.1. The first kappa shape index (κ1) is 16.8. The largest absolute Gasteiger partial charge is 0.454 e. The normalized spacial score (nSPS) is 18.6. The lowest BCUT2D eigenvalue weighted by molar-refractivity contribution is 0.0732. The summed E-state index contributed by atoms with van der Waals surface area (Å²) in [6.07, 6.45) is 1.93. The van der Waals surface area contributed by atoms with Gasteiger partial charge in [-0.05, 0) is 57.3 Å². The van der Waals surface area contributed by atoms with Crippen LogP contribution < -0.4 is 9.47 Å². The number of ether oxygens (including phenoxy) is 2. The van der Waals surface area contributed by atoms with Crippen molar-refractivity contribution in [2.45, 2.75) is 25.4 Å². The number of carbonyl (C=O) groups is 1. The van der Waals surface area contributed by atoms with Gasteiger partial charge in [-0.3, -0.25) is 9.78 Å². The van der Waals surface area contributed by atoms with Gasteiger partial charge in [-0.1, -0.05) is 6.07 Å². The molecule has 2 aliphatic rings. The van der Waals surface area contributed by atoms with Crippen molar-refractivity contribution in [3.63, 3.8) is 0 Å². The summed E-state index contributed by atoms with van der Waals surface area (Å²) in [6.45, 7) is 1.75. The van der Waals surface area contributed by atoms with Crippen LogP contribution in [0.3, 0.4) is 0 Å². The molecule has 2 aliphatic heterocycles. The van der Waals surface area contributed by atoms with Crippen LogP contribution in [0.4, 0.5) is 0 Å². The van der Waals surface area contributed by atoms with Crippen molar-refractivity contribution in [3.8, 4) is 11.5 Å². The van der Waals surface area contributed by atoms with Gasteiger partial charge in [0, 0.05) is 18.7 Å². The molecule has 0 saturated carbocycles. The summed E-state index contributed by atoms with van der Waals surface area (Å²) in [4.78, 5) is 21.9. The van der Waals surface area contributed by atoms with E-state index in [0.29, 0.717) is 17.1 Å². The van der Waals surface area contributed by atoms with Crippen molar-refractivity contribution in [1.82, 2.24) is 14.8 Å². The summed E-state index contributed by atoms with van der Waals surface area (Å²) in [5, 5.41) is 0. The number of pyridine rings is 1. The Bertz CT molecular complexity index is 822. The van der Waals surface area contributed by atoms with Crippen LogP contribution in [0, 0.1) is 0 Å². The second kappa shape index (κ2) is 6.96.